The monoisotopic (exact) mass is 385 g/mol. The highest BCUT2D eigenvalue weighted by Crippen LogP contribution is 2.28. The molecular weight excluding hydrogens is 366 g/mol. The summed E-state index contributed by atoms with van der Waals surface area (Å²) in [4.78, 5) is 21.3. The topological polar surface area (TPSA) is 54.9 Å². The van der Waals surface area contributed by atoms with Crippen LogP contribution in [-0.4, -0.2) is 15.9 Å². The van der Waals surface area contributed by atoms with Crippen LogP contribution in [0.15, 0.2) is 66.2 Å². The van der Waals surface area contributed by atoms with Crippen LogP contribution in [0.2, 0.25) is 0 Å². The van der Waals surface area contributed by atoms with Crippen LogP contribution in [0.3, 0.4) is 0 Å². The number of hydrogen-bond acceptors (Lipinski definition) is 4. The van der Waals surface area contributed by atoms with Crippen molar-refractivity contribution in [2.75, 3.05) is 5.32 Å². The lowest BCUT2D eigenvalue weighted by molar-refractivity contribution is -0.111. The van der Waals surface area contributed by atoms with Crippen molar-refractivity contribution in [3.8, 4) is 11.3 Å². The summed E-state index contributed by atoms with van der Waals surface area (Å²) < 4.78 is 0. The molecule has 0 fully saturated rings. The number of benzene rings is 2. The highest BCUT2D eigenvalue weighted by Gasteiger charge is 2.09. The maximum Gasteiger partial charge on any atom is 0.250 e. The number of carbonyl (C=O) groups excluding carboxylic acids is 1. The fraction of sp³-hybridized carbons (Fsp3) is 0.0870. The number of amides is 1. The Bertz CT molecular complexity index is 1190. The predicted molar refractivity (Wildman–Crippen MR) is 116 cm³/mol. The van der Waals surface area contributed by atoms with E-state index in [1.807, 2.05) is 35.7 Å². The number of nitrogens with zero attached hydrogens (tertiary/aromatic N) is 2. The van der Waals surface area contributed by atoms with Gasteiger partial charge in [-0.15, -0.1) is 11.3 Å². The van der Waals surface area contributed by atoms with E-state index in [1.54, 1.807) is 12.3 Å². The average molecular weight is 385 g/mol. The van der Waals surface area contributed by atoms with E-state index in [0.717, 1.165) is 33.3 Å². The van der Waals surface area contributed by atoms with Crippen LogP contribution in [0.4, 0.5) is 5.13 Å². The van der Waals surface area contributed by atoms with Crippen LogP contribution < -0.4 is 5.32 Å². The third-order valence-corrected chi connectivity index (χ3v) is 5.24. The Labute approximate surface area is 167 Å². The number of hydrogen-bond donors (Lipinski definition) is 1. The first-order valence-electron chi connectivity index (χ1n) is 8.96. The molecular formula is C23H19N3OS. The van der Waals surface area contributed by atoms with Crippen molar-refractivity contribution >= 4 is 39.4 Å². The molecule has 4 nitrogen and oxygen atoms in total. The number of para-hydroxylation sites is 1. The fourth-order valence-corrected chi connectivity index (χ4v) is 3.75. The molecule has 0 spiro atoms. The van der Waals surface area contributed by atoms with Gasteiger partial charge in [-0.25, -0.2) is 4.98 Å². The largest absolute Gasteiger partial charge is 0.298 e. The first-order valence-corrected chi connectivity index (χ1v) is 9.84. The lowest BCUT2D eigenvalue weighted by Crippen LogP contribution is -2.07. The summed E-state index contributed by atoms with van der Waals surface area (Å²) in [6.07, 6.45) is 5.05. The molecule has 4 aromatic rings. The number of rotatable bonds is 4. The molecule has 1 N–H and O–H groups in total. The second-order valence-electron chi connectivity index (χ2n) is 6.60. The van der Waals surface area contributed by atoms with E-state index >= 15 is 0 Å². The number of carbonyl (C=O) groups is 1. The molecule has 2 heterocycles. The summed E-state index contributed by atoms with van der Waals surface area (Å²) in [5.74, 6) is -0.213. The minimum Gasteiger partial charge on any atom is -0.298 e. The van der Waals surface area contributed by atoms with Crippen molar-refractivity contribution in [2.45, 2.75) is 13.8 Å². The van der Waals surface area contributed by atoms with Crippen LogP contribution in [0.1, 0.15) is 16.7 Å². The van der Waals surface area contributed by atoms with Crippen molar-refractivity contribution in [1.82, 2.24) is 9.97 Å². The third kappa shape index (κ3) is 3.85. The van der Waals surface area contributed by atoms with Gasteiger partial charge in [0.1, 0.15) is 0 Å². The molecule has 1 amide bonds. The van der Waals surface area contributed by atoms with E-state index in [0.29, 0.717) is 5.13 Å². The van der Waals surface area contributed by atoms with Gasteiger partial charge in [-0.2, -0.15) is 0 Å². The van der Waals surface area contributed by atoms with Gasteiger partial charge in [0.25, 0.3) is 0 Å². The first kappa shape index (κ1) is 18.1. The summed E-state index contributed by atoms with van der Waals surface area (Å²) in [5.41, 5.74) is 6.10. The van der Waals surface area contributed by atoms with Gasteiger partial charge in [0.15, 0.2) is 5.13 Å². The van der Waals surface area contributed by atoms with E-state index in [1.165, 1.54) is 23.0 Å². The molecule has 28 heavy (non-hydrogen) atoms. The standard InChI is InChI=1S/C23H19N3OS/c1-15-8-9-16(2)19(13-15)20-14-28-23(25-20)26-21(27)11-10-18-6-3-5-17-7-4-12-24-22(17)18/h3-14H,1-2H3,(H,25,26,27)/b11-10+. The number of aromatic nitrogens is 2. The molecule has 0 saturated carbocycles. The van der Waals surface area contributed by atoms with Crippen molar-refractivity contribution in [1.29, 1.82) is 0 Å². The molecule has 0 unspecified atom stereocenters. The van der Waals surface area contributed by atoms with Crippen molar-refractivity contribution < 1.29 is 4.79 Å². The van der Waals surface area contributed by atoms with Crippen LogP contribution in [-0.2, 0) is 4.79 Å². The molecule has 2 aromatic carbocycles. The summed E-state index contributed by atoms with van der Waals surface area (Å²) in [6.45, 7) is 4.12. The highest BCUT2D eigenvalue weighted by atomic mass is 32.1. The van der Waals surface area contributed by atoms with Crippen LogP contribution >= 0.6 is 11.3 Å². The molecule has 0 aliphatic rings. The van der Waals surface area contributed by atoms with Crippen LogP contribution in [0.25, 0.3) is 28.2 Å². The van der Waals surface area contributed by atoms with Gasteiger partial charge in [-0.3, -0.25) is 15.1 Å². The van der Waals surface area contributed by atoms with E-state index < -0.39 is 0 Å². The molecule has 0 bridgehead atoms. The van der Waals surface area contributed by atoms with Crippen LogP contribution in [0, 0.1) is 13.8 Å². The summed E-state index contributed by atoms with van der Waals surface area (Å²) >= 11 is 1.42. The maximum atomic E-state index is 12.3. The second-order valence-corrected chi connectivity index (χ2v) is 7.46. The Balaban J connectivity index is 1.51. The van der Waals surface area contributed by atoms with Crippen molar-refractivity contribution in [3.63, 3.8) is 0 Å². The van der Waals surface area contributed by atoms with Gasteiger partial charge in [0.2, 0.25) is 5.91 Å². The van der Waals surface area contributed by atoms with E-state index in [4.69, 9.17) is 0 Å². The zero-order valence-corrected chi connectivity index (χ0v) is 16.5. The molecule has 0 aliphatic carbocycles. The first-order chi connectivity index (χ1) is 13.6. The SMILES string of the molecule is Cc1ccc(C)c(-c2csc(NC(=O)/C=C/c3cccc4cccnc34)n2)c1. The normalized spacial score (nSPS) is 11.2. The molecule has 138 valence electrons. The number of pyridine rings is 1. The van der Waals surface area contributed by atoms with E-state index in [-0.39, 0.29) is 5.91 Å². The molecule has 5 heteroatoms. The van der Waals surface area contributed by atoms with Gasteiger partial charge in [-0.1, -0.05) is 42.0 Å². The van der Waals surface area contributed by atoms with Crippen LogP contribution in [0.5, 0.6) is 0 Å². The number of nitrogens with one attached hydrogen (secondary N) is 1. The summed E-state index contributed by atoms with van der Waals surface area (Å²) in [7, 11) is 0. The Hall–Kier alpha value is -3.31. The minimum absolute atomic E-state index is 0.213. The number of fused-ring (bicyclic) bond motifs is 1. The Morgan fingerprint density at radius 1 is 1.11 bits per heavy atom. The molecule has 0 saturated heterocycles. The van der Waals surface area contributed by atoms with Gasteiger partial charge >= 0.3 is 0 Å². The summed E-state index contributed by atoms with van der Waals surface area (Å²) in [5, 5.41) is 6.44. The predicted octanol–water partition coefficient (Wildman–Crippen LogP) is 5.63. The quantitative estimate of drug-likeness (QED) is 0.463. The van der Waals surface area contributed by atoms with E-state index in [2.05, 4.69) is 47.3 Å². The zero-order valence-electron chi connectivity index (χ0n) is 15.6. The molecule has 0 atom stereocenters. The fourth-order valence-electron chi connectivity index (χ4n) is 3.04. The Kier molecular flexibility index (Phi) is 5.00. The van der Waals surface area contributed by atoms with Crippen molar-refractivity contribution in [3.05, 3.63) is 82.9 Å². The zero-order chi connectivity index (χ0) is 19.5. The van der Waals surface area contributed by atoms with E-state index in [9.17, 15) is 4.79 Å². The lowest BCUT2D eigenvalue weighted by Gasteiger charge is -2.03. The number of aryl methyl sites for hydroxylation is 2. The van der Waals surface area contributed by atoms with Gasteiger partial charge in [0, 0.05) is 34.2 Å². The second kappa shape index (κ2) is 7.74. The molecule has 4 rings (SSSR count). The molecule has 0 aliphatic heterocycles. The third-order valence-electron chi connectivity index (χ3n) is 4.48. The number of anilines is 1. The van der Waals surface area contributed by atoms with Gasteiger partial charge in [0.05, 0.1) is 11.2 Å². The highest BCUT2D eigenvalue weighted by molar-refractivity contribution is 7.14. The average Bonchev–Trinajstić information content (AvgIpc) is 3.16. The maximum absolute atomic E-state index is 12.3. The minimum atomic E-state index is -0.213. The smallest absolute Gasteiger partial charge is 0.250 e. The Morgan fingerprint density at radius 2 is 1.96 bits per heavy atom. The summed E-state index contributed by atoms with van der Waals surface area (Å²) in [6, 6.07) is 16.1. The van der Waals surface area contributed by atoms with Crippen molar-refractivity contribution in [2.24, 2.45) is 0 Å². The Morgan fingerprint density at radius 3 is 2.86 bits per heavy atom. The molecule has 0 radical (unpaired) electrons. The van der Waals surface area contributed by atoms with Gasteiger partial charge in [-0.05, 0) is 37.6 Å². The lowest BCUT2D eigenvalue weighted by atomic mass is 10.0. The molecule has 2 aromatic heterocycles. The number of thiazole rings is 1. The van der Waals surface area contributed by atoms with Gasteiger partial charge < -0.3 is 0 Å².